The summed E-state index contributed by atoms with van der Waals surface area (Å²) >= 11 is 0. The number of benzene rings is 2. The molecular formula is C28H27F2N5O7. The lowest BCUT2D eigenvalue weighted by Crippen LogP contribution is -2.47. The summed E-state index contributed by atoms with van der Waals surface area (Å²) in [5.41, 5.74) is -0.119. The van der Waals surface area contributed by atoms with Gasteiger partial charge >= 0.3 is 12.1 Å². The van der Waals surface area contributed by atoms with Crippen LogP contribution in [0.25, 0.3) is 10.9 Å². The van der Waals surface area contributed by atoms with Gasteiger partial charge < -0.3 is 34.3 Å². The molecule has 2 aromatic carbocycles. The van der Waals surface area contributed by atoms with Gasteiger partial charge in [-0.1, -0.05) is 0 Å². The predicted octanol–water partition coefficient (Wildman–Crippen LogP) is 2.68. The first-order valence-electron chi connectivity index (χ1n) is 13.4. The van der Waals surface area contributed by atoms with Crippen molar-refractivity contribution in [3.8, 4) is 5.75 Å². The zero-order valence-electron chi connectivity index (χ0n) is 22.7. The average Bonchev–Trinajstić information content (AvgIpc) is 3.30. The molecule has 12 nitrogen and oxygen atoms in total. The molecule has 2 atom stereocenters. The summed E-state index contributed by atoms with van der Waals surface area (Å²) < 4.78 is 43.5. The Morgan fingerprint density at radius 3 is 2.43 bits per heavy atom. The van der Waals surface area contributed by atoms with Gasteiger partial charge in [0, 0.05) is 39.3 Å². The predicted molar refractivity (Wildman–Crippen MR) is 148 cm³/mol. The Morgan fingerprint density at radius 2 is 1.76 bits per heavy atom. The van der Waals surface area contributed by atoms with E-state index < -0.39 is 40.9 Å². The van der Waals surface area contributed by atoms with Crippen LogP contribution in [0, 0.1) is 11.6 Å². The van der Waals surface area contributed by atoms with Gasteiger partial charge in [-0.15, -0.1) is 0 Å². The van der Waals surface area contributed by atoms with Crippen LogP contribution in [0.4, 0.5) is 30.6 Å². The molecule has 3 aromatic rings. The van der Waals surface area contributed by atoms with Crippen molar-refractivity contribution in [2.45, 2.75) is 26.1 Å². The van der Waals surface area contributed by atoms with E-state index in [0.717, 1.165) is 6.07 Å². The fourth-order valence-electron chi connectivity index (χ4n) is 5.73. The van der Waals surface area contributed by atoms with Crippen molar-refractivity contribution in [2.24, 2.45) is 0 Å². The van der Waals surface area contributed by atoms with Gasteiger partial charge in [-0.25, -0.2) is 18.4 Å². The Morgan fingerprint density at radius 1 is 1.05 bits per heavy atom. The molecule has 1 aromatic heterocycles. The minimum Gasteiger partial charge on any atom is -0.487 e. The number of nitrogens with one attached hydrogen (secondary N) is 1. The first-order valence-corrected chi connectivity index (χ1v) is 13.4. The summed E-state index contributed by atoms with van der Waals surface area (Å²) in [6.07, 6.45) is -0.248. The van der Waals surface area contributed by atoms with Gasteiger partial charge in [0.2, 0.25) is 11.3 Å². The van der Waals surface area contributed by atoms with E-state index in [1.807, 2.05) is 6.92 Å². The number of aromatic carboxylic acids is 1. The molecule has 42 heavy (non-hydrogen) atoms. The van der Waals surface area contributed by atoms with Gasteiger partial charge in [0.15, 0.2) is 17.8 Å². The standard InChI is InChI=1S/C28H27F2N5O7/c1-14-13-41-26-23-17(25(37)18(27(38)39)11-34(14)23)10-20(30)24(26)33-7-5-32(6-8-33)21-4-3-16(9-19(21)29)35-12-22(31-15(2)36)42-28(35)40/h3-4,9-11,14,22H,5-8,12-13H2,1-2H3,(H,31,36)(H,38,39)/t14?,22-/m1/s1. The number of carbonyl (C=O) groups excluding carboxylic acids is 2. The van der Waals surface area contributed by atoms with Crippen molar-refractivity contribution in [3.05, 3.63) is 57.9 Å². The number of nitrogens with zero attached hydrogens (tertiary/aromatic N) is 4. The van der Waals surface area contributed by atoms with E-state index >= 15 is 8.78 Å². The Hall–Kier alpha value is -4.88. The van der Waals surface area contributed by atoms with Crippen LogP contribution in [0.15, 0.2) is 35.3 Å². The highest BCUT2D eigenvalue weighted by Crippen LogP contribution is 2.42. The number of amides is 2. The van der Waals surface area contributed by atoms with E-state index in [0.29, 0.717) is 37.4 Å². The molecule has 14 heteroatoms. The monoisotopic (exact) mass is 583 g/mol. The van der Waals surface area contributed by atoms with Gasteiger partial charge in [-0.05, 0) is 31.2 Å². The fourth-order valence-corrected chi connectivity index (χ4v) is 5.73. The van der Waals surface area contributed by atoms with Crippen LogP contribution in [0.3, 0.4) is 0 Å². The molecule has 3 aliphatic heterocycles. The topological polar surface area (TPSA) is 134 Å². The van der Waals surface area contributed by atoms with E-state index in [-0.39, 0.29) is 47.6 Å². The van der Waals surface area contributed by atoms with Crippen LogP contribution in [0.1, 0.15) is 30.2 Å². The average molecular weight is 584 g/mol. The number of cyclic esters (lactones) is 1. The summed E-state index contributed by atoms with van der Waals surface area (Å²) in [7, 11) is 0. The maximum absolute atomic E-state index is 15.6. The normalized spacial score (nSPS) is 20.0. The van der Waals surface area contributed by atoms with Crippen molar-refractivity contribution in [1.29, 1.82) is 0 Å². The molecule has 6 rings (SSSR count). The number of halogens is 2. The van der Waals surface area contributed by atoms with E-state index in [1.165, 1.54) is 24.1 Å². The third kappa shape index (κ3) is 4.52. The number of anilines is 3. The molecule has 0 spiro atoms. The number of carbonyl (C=O) groups is 3. The van der Waals surface area contributed by atoms with Crippen LogP contribution in [0.5, 0.6) is 5.75 Å². The lowest BCUT2D eigenvalue weighted by Gasteiger charge is -2.39. The Bertz CT molecular complexity index is 1700. The molecule has 0 radical (unpaired) electrons. The number of hydrogen-bond donors (Lipinski definition) is 2. The second kappa shape index (κ2) is 10.2. The summed E-state index contributed by atoms with van der Waals surface area (Å²) in [6.45, 7) is 4.62. The fraction of sp³-hybridized carbons (Fsp3) is 0.357. The van der Waals surface area contributed by atoms with Crippen molar-refractivity contribution in [3.63, 3.8) is 0 Å². The maximum Gasteiger partial charge on any atom is 0.416 e. The van der Waals surface area contributed by atoms with Gasteiger partial charge in [-0.3, -0.25) is 14.5 Å². The van der Waals surface area contributed by atoms with E-state index in [1.54, 1.807) is 26.5 Å². The first kappa shape index (κ1) is 27.3. The zero-order valence-corrected chi connectivity index (χ0v) is 22.7. The number of rotatable bonds is 5. The highest BCUT2D eigenvalue weighted by atomic mass is 19.1. The van der Waals surface area contributed by atoms with Crippen LogP contribution in [0.2, 0.25) is 0 Å². The molecule has 0 aliphatic carbocycles. The van der Waals surface area contributed by atoms with Crippen molar-refractivity contribution >= 4 is 45.9 Å². The number of hydrogen-bond acceptors (Lipinski definition) is 8. The van der Waals surface area contributed by atoms with Crippen molar-refractivity contribution in [1.82, 2.24) is 9.88 Å². The number of pyridine rings is 1. The van der Waals surface area contributed by atoms with Gasteiger partial charge in [0.1, 0.15) is 23.7 Å². The summed E-state index contributed by atoms with van der Waals surface area (Å²) in [5.74, 6) is -2.83. The highest BCUT2D eigenvalue weighted by Gasteiger charge is 2.34. The molecule has 220 valence electrons. The number of piperazine rings is 1. The number of carboxylic acids is 1. The SMILES string of the molecule is CC(=O)N[C@H]1CN(c2ccc(N3CCN(c4c(F)cc5c(=O)c(C(=O)O)cn6c5c4OCC6C)CC3)c(F)c2)C(=O)O1. The third-order valence-electron chi connectivity index (χ3n) is 7.73. The smallest absolute Gasteiger partial charge is 0.416 e. The maximum atomic E-state index is 15.6. The molecular weight excluding hydrogens is 556 g/mol. The van der Waals surface area contributed by atoms with Crippen molar-refractivity contribution in [2.75, 3.05) is 54.0 Å². The molecule has 0 saturated carbocycles. The summed E-state index contributed by atoms with van der Waals surface area (Å²) in [4.78, 5) is 52.8. The van der Waals surface area contributed by atoms with Crippen molar-refractivity contribution < 1.29 is 37.7 Å². The molecule has 2 N–H and O–H groups in total. The highest BCUT2D eigenvalue weighted by molar-refractivity contribution is 5.97. The first-order chi connectivity index (χ1) is 20.0. The number of carboxylic acid groups (broad SMARTS) is 1. The minimum atomic E-state index is -1.39. The van der Waals surface area contributed by atoms with E-state index in [2.05, 4.69) is 5.32 Å². The van der Waals surface area contributed by atoms with Gasteiger partial charge in [0.05, 0.1) is 34.9 Å². The lowest BCUT2D eigenvalue weighted by molar-refractivity contribution is -0.121. The Balaban J connectivity index is 1.24. The van der Waals surface area contributed by atoms with Gasteiger partial charge in [-0.2, -0.15) is 0 Å². The molecule has 0 bridgehead atoms. The van der Waals surface area contributed by atoms with Crippen LogP contribution in [-0.2, 0) is 9.53 Å². The largest absolute Gasteiger partial charge is 0.487 e. The molecule has 2 amide bonds. The number of ether oxygens (including phenoxy) is 2. The third-order valence-corrected chi connectivity index (χ3v) is 7.73. The van der Waals surface area contributed by atoms with Crippen LogP contribution >= 0.6 is 0 Å². The van der Waals surface area contributed by atoms with E-state index in [4.69, 9.17) is 9.47 Å². The second-order valence-corrected chi connectivity index (χ2v) is 10.5. The molecule has 2 fully saturated rings. The minimum absolute atomic E-state index is 0.0435. The summed E-state index contributed by atoms with van der Waals surface area (Å²) in [6, 6.07) is 5.16. The number of aromatic nitrogens is 1. The Labute approximate surface area is 237 Å². The zero-order chi connectivity index (χ0) is 29.9. The quantitative estimate of drug-likeness (QED) is 0.465. The van der Waals surface area contributed by atoms with E-state index in [9.17, 15) is 24.3 Å². The van der Waals surface area contributed by atoms with Crippen LogP contribution in [-0.4, -0.2) is 73.2 Å². The molecule has 4 heterocycles. The Kier molecular flexibility index (Phi) is 6.62. The molecule has 1 unspecified atom stereocenters. The summed E-state index contributed by atoms with van der Waals surface area (Å²) in [5, 5.41) is 11.9. The molecule has 2 saturated heterocycles. The lowest BCUT2D eigenvalue weighted by atomic mass is 10.1. The second-order valence-electron chi connectivity index (χ2n) is 10.5. The van der Waals surface area contributed by atoms with Crippen LogP contribution < -0.4 is 30.2 Å². The van der Waals surface area contributed by atoms with Gasteiger partial charge in [0.25, 0.3) is 0 Å². The molecule has 3 aliphatic rings.